The zero-order valence-electron chi connectivity index (χ0n) is 30.6. The Bertz CT molecular complexity index is 2250. The van der Waals surface area contributed by atoms with Gasteiger partial charge in [0.2, 0.25) is 11.8 Å². The van der Waals surface area contributed by atoms with Crippen molar-refractivity contribution in [3.8, 4) is 11.1 Å². The second kappa shape index (κ2) is 15.9. The summed E-state index contributed by atoms with van der Waals surface area (Å²) in [5, 5.41) is 15.3. The van der Waals surface area contributed by atoms with Crippen molar-refractivity contribution < 1.29 is 24.0 Å². The Balaban J connectivity index is 1.01. The third kappa shape index (κ3) is 7.42. The summed E-state index contributed by atoms with van der Waals surface area (Å²) >= 11 is 6.18. The van der Waals surface area contributed by atoms with E-state index in [1.807, 2.05) is 65.6 Å². The molecule has 1 aliphatic carbocycles. The van der Waals surface area contributed by atoms with E-state index in [-0.39, 0.29) is 43.5 Å². The lowest BCUT2D eigenvalue weighted by molar-refractivity contribution is -0.384. The molecule has 5 aromatic rings. The second-order valence-electron chi connectivity index (χ2n) is 14.4. The van der Waals surface area contributed by atoms with E-state index in [2.05, 4.69) is 29.6 Å². The van der Waals surface area contributed by atoms with Crippen LogP contribution in [0.15, 0.2) is 121 Å². The first kappa shape index (κ1) is 36.8. The summed E-state index contributed by atoms with van der Waals surface area (Å²) < 4.78 is 6.07. The number of benzene rings is 5. The van der Waals surface area contributed by atoms with Crippen molar-refractivity contribution in [2.75, 3.05) is 37.7 Å². The van der Waals surface area contributed by atoms with Crippen LogP contribution in [0.2, 0.25) is 5.02 Å². The predicted molar refractivity (Wildman–Crippen MR) is 214 cm³/mol. The fourth-order valence-corrected chi connectivity index (χ4v) is 8.35. The maximum absolute atomic E-state index is 14.5. The lowest BCUT2D eigenvalue weighted by atomic mass is 9.93. The van der Waals surface area contributed by atoms with Crippen LogP contribution in [0.1, 0.15) is 33.7 Å². The van der Waals surface area contributed by atoms with Crippen LogP contribution >= 0.6 is 11.6 Å². The summed E-state index contributed by atoms with van der Waals surface area (Å²) in [4.78, 5) is 59.3. The molecule has 5 aromatic carbocycles. The lowest BCUT2D eigenvalue weighted by Crippen LogP contribution is -2.59. The molecule has 2 heterocycles. The number of nitro benzene ring substituents is 1. The van der Waals surface area contributed by atoms with Crippen molar-refractivity contribution in [2.24, 2.45) is 0 Å². The normalized spacial score (nSPS) is 16.7. The van der Waals surface area contributed by atoms with Crippen LogP contribution in [0.25, 0.3) is 11.1 Å². The molecule has 11 nitrogen and oxygen atoms in total. The smallest absolute Gasteiger partial charge is 0.410 e. The molecule has 2 atom stereocenters. The van der Waals surface area contributed by atoms with E-state index < -0.39 is 29.0 Å². The van der Waals surface area contributed by atoms with Gasteiger partial charge in [-0.1, -0.05) is 109 Å². The number of rotatable bonds is 9. The molecule has 1 N–H and O–H groups in total. The third-order valence-corrected chi connectivity index (χ3v) is 11.4. The highest BCUT2D eigenvalue weighted by molar-refractivity contribution is 6.30. The van der Waals surface area contributed by atoms with Gasteiger partial charge in [-0.25, -0.2) is 4.79 Å². The first-order chi connectivity index (χ1) is 27.2. The molecule has 56 heavy (non-hydrogen) atoms. The average Bonchev–Trinajstić information content (AvgIpc) is 3.56. The lowest BCUT2D eigenvalue weighted by Gasteiger charge is -2.38. The zero-order chi connectivity index (χ0) is 38.8. The molecular weight excluding hydrogens is 730 g/mol. The van der Waals surface area contributed by atoms with E-state index in [0.717, 1.165) is 38.9 Å². The molecule has 284 valence electrons. The Hall–Kier alpha value is -6.20. The highest BCUT2D eigenvalue weighted by Crippen LogP contribution is 2.44. The Morgan fingerprint density at radius 1 is 0.786 bits per heavy atom. The van der Waals surface area contributed by atoms with Gasteiger partial charge in [0.15, 0.2) is 0 Å². The number of nitrogens with zero attached hydrogens (tertiary/aromatic N) is 4. The molecule has 0 spiro atoms. The molecule has 1 fully saturated rings. The van der Waals surface area contributed by atoms with Crippen molar-refractivity contribution in [2.45, 2.75) is 37.4 Å². The summed E-state index contributed by atoms with van der Waals surface area (Å²) in [7, 11) is 0. The SMILES string of the molecule is O=C(NC(Cc1ccc(Cl)cc1)C(=O)N1CCN(c2ccccc2[N+](=O)[O-])CC1)C1Cc2ccccc2CN1C(=O)OCC1c2ccccc2-c2ccccc21. The van der Waals surface area contributed by atoms with Crippen LogP contribution in [0.3, 0.4) is 0 Å². The molecule has 0 radical (unpaired) electrons. The summed E-state index contributed by atoms with van der Waals surface area (Å²) in [5.74, 6) is -0.885. The molecule has 2 unspecified atom stereocenters. The highest BCUT2D eigenvalue weighted by Gasteiger charge is 2.39. The van der Waals surface area contributed by atoms with Crippen molar-refractivity contribution >= 4 is 40.9 Å². The summed E-state index contributed by atoms with van der Waals surface area (Å²) in [6.45, 7) is 1.66. The number of nitrogens with one attached hydrogen (secondary N) is 1. The molecule has 0 saturated carbocycles. The summed E-state index contributed by atoms with van der Waals surface area (Å²) in [6, 6.07) is 35.8. The fraction of sp³-hybridized carbons (Fsp3) is 0.250. The fourth-order valence-electron chi connectivity index (χ4n) is 8.22. The van der Waals surface area contributed by atoms with Crippen LogP contribution in [-0.4, -0.2) is 77.5 Å². The number of nitro groups is 1. The van der Waals surface area contributed by atoms with Crippen LogP contribution in [0.5, 0.6) is 0 Å². The number of carbonyl (C=O) groups is 3. The monoisotopic (exact) mass is 769 g/mol. The molecule has 1 saturated heterocycles. The number of anilines is 1. The molecule has 12 heteroatoms. The van der Waals surface area contributed by atoms with Gasteiger partial charge in [0, 0.05) is 56.0 Å². The van der Waals surface area contributed by atoms with Crippen molar-refractivity contribution in [1.29, 1.82) is 0 Å². The van der Waals surface area contributed by atoms with Gasteiger partial charge in [-0.3, -0.25) is 24.6 Å². The number of hydrogen-bond acceptors (Lipinski definition) is 7. The Morgan fingerprint density at radius 3 is 2.07 bits per heavy atom. The Morgan fingerprint density at radius 2 is 1.39 bits per heavy atom. The number of ether oxygens (including phenoxy) is 1. The van der Waals surface area contributed by atoms with Crippen LogP contribution in [-0.2, 0) is 33.7 Å². The number of amides is 3. The molecular formula is C44H40ClN5O6. The minimum Gasteiger partial charge on any atom is -0.448 e. The molecule has 0 aromatic heterocycles. The van der Waals surface area contributed by atoms with Crippen molar-refractivity contribution in [3.05, 3.63) is 164 Å². The van der Waals surface area contributed by atoms with Gasteiger partial charge in [-0.2, -0.15) is 0 Å². The maximum Gasteiger partial charge on any atom is 0.410 e. The van der Waals surface area contributed by atoms with Crippen LogP contribution in [0, 0.1) is 10.1 Å². The minimum atomic E-state index is -0.956. The van der Waals surface area contributed by atoms with E-state index in [1.165, 1.54) is 11.0 Å². The van der Waals surface area contributed by atoms with E-state index in [9.17, 15) is 24.5 Å². The first-order valence-electron chi connectivity index (χ1n) is 18.8. The number of para-hydroxylation sites is 2. The molecule has 0 bridgehead atoms. The Kier molecular flexibility index (Phi) is 10.4. The summed E-state index contributed by atoms with van der Waals surface area (Å²) in [5.41, 5.74) is 7.60. The van der Waals surface area contributed by atoms with E-state index in [0.29, 0.717) is 36.9 Å². The van der Waals surface area contributed by atoms with Crippen LogP contribution < -0.4 is 10.2 Å². The van der Waals surface area contributed by atoms with E-state index in [4.69, 9.17) is 16.3 Å². The number of carbonyl (C=O) groups excluding carboxylic acids is 3. The van der Waals surface area contributed by atoms with Crippen molar-refractivity contribution in [1.82, 2.24) is 15.1 Å². The molecule has 8 rings (SSSR count). The largest absolute Gasteiger partial charge is 0.448 e. The van der Waals surface area contributed by atoms with Gasteiger partial charge in [-0.05, 0) is 57.1 Å². The second-order valence-corrected chi connectivity index (χ2v) is 14.8. The number of halogens is 1. The Labute approximate surface area is 329 Å². The van der Waals surface area contributed by atoms with Gasteiger partial charge in [0.25, 0.3) is 5.69 Å². The highest BCUT2D eigenvalue weighted by atomic mass is 35.5. The number of fused-ring (bicyclic) bond motifs is 4. The summed E-state index contributed by atoms with van der Waals surface area (Å²) in [6.07, 6.45) is -0.156. The predicted octanol–water partition coefficient (Wildman–Crippen LogP) is 7.00. The van der Waals surface area contributed by atoms with Gasteiger partial charge in [0.05, 0.1) is 11.5 Å². The molecule has 3 amide bonds. The molecule has 3 aliphatic rings. The van der Waals surface area contributed by atoms with Gasteiger partial charge in [-0.15, -0.1) is 0 Å². The van der Waals surface area contributed by atoms with Crippen molar-refractivity contribution in [3.63, 3.8) is 0 Å². The quantitative estimate of drug-likeness (QED) is 0.127. The number of piperazine rings is 1. The van der Waals surface area contributed by atoms with E-state index in [1.54, 1.807) is 35.2 Å². The third-order valence-electron chi connectivity index (χ3n) is 11.1. The zero-order valence-corrected chi connectivity index (χ0v) is 31.3. The van der Waals surface area contributed by atoms with Gasteiger partial charge in [0.1, 0.15) is 24.4 Å². The minimum absolute atomic E-state index is 0.00941. The van der Waals surface area contributed by atoms with Gasteiger partial charge >= 0.3 is 6.09 Å². The number of hydrogen-bond donors (Lipinski definition) is 1. The topological polar surface area (TPSA) is 125 Å². The van der Waals surface area contributed by atoms with E-state index >= 15 is 0 Å². The first-order valence-corrected chi connectivity index (χ1v) is 19.1. The standard InChI is InChI=1S/C44H40ClN5O6/c45-32-19-17-29(18-20-32)25-38(43(52)48-23-21-47(22-24-48)39-15-7-8-16-40(39)50(54)55)46-42(51)41-26-30-9-1-2-10-31(30)27-49(41)44(53)56-28-37-35-13-5-3-11-33(35)34-12-4-6-14-36(34)37/h1-20,37-38,41H,21-28H2,(H,46,51). The molecule has 2 aliphatic heterocycles. The van der Waals surface area contributed by atoms with Crippen LogP contribution in [0.4, 0.5) is 16.2 Å². The van der Waals surface area contributed by atoms with Gasteiger partial charge < -0.3 is 19.9 Å². The average molecular weight is 770 g/mol. The maximum atomic E-state index is 14.5.